The monoisotopic (exact) mass is 305 g/mol. The van der Waals surface area contributed by atoms with Crippen LogP contribution >= 0.6 is 23.2 Å². The van der Waals surface area contributed by atoms with Gasteiger partial charge in [-0.1, -0.05) is 41.4 Å². The fraction of sp³-hybridized carbons (Fsp3) is 0.188. The number of hydrogen-bond acceptors (Lipinski definition) is 2. The van der Waals surface area contributed by atoms with Gasteiger partial charge in [0.25, 0.3) is 0 Å². The predicted molar refractivity (Wildman–Crippen MR) is 82.2 cm³/mol. The van der Waals surface area contributed by atoms with E-state index in [1.165, 1.54) is 0 Å². The normalized spacial score (nSPS) is 10.1. The van der Waals surface area contributed by atoms with Crippen LogP contribution in [-0.4, -0.2) is 6.61 Å². The van der Waals surface area contributed by atoms with Crippen molar-refractivity contribution in [2.45, 2.75) is 12.8 Å². The lowest BCUT2D eigenvalue weighted by atomic mass is 10.1. The van der Waals surface area contributed by atoms with Crippen molar-refractivity contribution in [3.8, 4) is 22.9 Å². The molecule has 2 aromatic carbocycles. The van der Waals surface area contributed by atoms with E-state index in [-0.39, 0.29) is 0 Å². The quantitative estimate of drug-likeness (QED) is 0.698. The number of rotatable bonds is 5. The molecule has 2 rings (SSSR count). The summed E-state index contributed by atoms with van der Waals surface area (Å²) in [5.74, 6) is 0.773. The zero-order valence-electron chi connectivity index (χ0n) is 10.8. The summed E-state index contributed by atoms with van der Waals surface area (Å²) in [7, 11) is 0. The fourth-order valence-corrected chi connectivity index (χ4v) is 2.45. The molecule has 0 amide bonds. The molecule has 0 saturated heterocycles. The second-order valence-corrected chi connectivity index (χ2v) is 5.05. The standard InChI is InChI=1S/C16H13Cl2NO/c17-14-4-3-5-15(18)16(14)12-6-8-13(9-7-12)20-11-2-1-10-19/h3-9H,1-2,11H2. The van der Waals surface area contributed by atoms with Gasteiger partial charge in [-0.15, -0.1) is 0 Å². The van der Waals surface area contributed by atoms with Crippen LogP contribution in [0.1, 0.15) is 12.8 Å². The summed E-state index contributed by atoms with van der Waals surface area (Å²) in [5.41, 5.74) is 1.77. The van der Waals surface area contributed by atoms with Gasteiger partial charge in [0, 0.05) is 22.0 Å². The number of nitriles is 1. The second kappa shape index (κ2) is 7.19. The van der Waals surface area contributed by atoms with E-state index >= 15 is 0 Å². The van der Waals surface area contributed by atoms with Crippen molar-refractivity contribution in [2.24, 2.45) is 0 Å². The van der Waals surface area contributed by atoms with Crippen molar-refractivity contribution in [2.75, 3.05) is 6.61 Å². The maximum absolute atomic E-state index is 8.45. The third kappa shape index (κ3) is 3.66. The minimum absolute atomic E-state index is 0.507. The van der Waals surface area contributed by atoms with Crippen LogP contribution in [0.5, 0.6) is 5.75 Å². The lowest BCUT2D eigenvalue weighted by Gasteiger charge is -2.09. The molecule has 0 spiro atoms. The molecule has 0 bridgehead atoms. The molecule has 0 atom stereocenters. The third-order valence-corrected chi connectivity index (χ3v) is 3.44. The lowest BCUT2D eigenvalue weighted by molar-refractivity contribution is 0.313. The predicted octanol–water partition coefficient (Wildman–Crippen LogP) is 5.34. The van der Waals surface area contributed by atoms with Crippen LogP contribution in [0.15, 0.2) is 42.5 Å². The Labute approximate surface area is 128 Å². The molecule has 2 aromatic rings. The first-order valence-electron chi connectivity index (χ1n) is 6.26. The first kappa shape index (κ1) is 14.7. The summed E-state index contributed by atoms with van der Waals surface area (Å²) in [6.45, 7) is 0.541. The van der Waals surface area contributed by atoms with Gasteiger partial charge in [0.1, 0.15) is 5.75 Å². The Balaban J connectivity index is 2.10. The Morgan fingerprint density at radius 2 is 1.65 bits per heavy atom. The summed E-state index contributed by atoms with van der Waals surface area (Å²) in [4.78, 5) is 0. The van der Waals surface area contributed by atoms with Crippen molar-refractivity contribution in [3.63, 3.8) is 0 Å². The molecule has 0 aromatic heterocycles. The molecule has 0 saturated carbocycles. The van der Waals surface area contributed by atoms with Crippen molar-refractivity contribution in [1.82, 2.24) is 0 Å². The minimum atomic E-state index is 0.507. The Hall–Kier alpha value is -1.69. The van der Waals surface area contributed by atoms with Crippen LogP contribution < -0.4 is 4.74 Å². The van der Waals surface area contributed by atoms with Crippen molar-refractivity contribution >= 4 is 23.2 Å². The zero-order chi connectivity index (χ0) is 14.4. The molecular weight excluding hydrogens is 293 g/mol. The van der Waals surface area contributed by atoms with Gasteiger partial charge < -0.3 is 4.74 Å². The van der Waals surface area contributed by atoms with Gasteiger partial charge in [0.2, 0.25) is 0 Å². The maximum atomic E-state index is 8.45. The van der Waals surface area contributed by atoms with Gasteiger partial charge in [-0.05, 0) is 36.2 Å². The number of halogens is 2. The average Bonchev–Trinajstić information content (AvgIpc) is 2.45. The number of unbranched alkanes of at least 4 members (excludes halogenated alkanes) is 1. The van der Waals surface area contributed by atoms with E-state index in [0.29, 0.717) is 23.1 Å². The highest BCUT2D eigenvalue weighted by Gasteiger charge is 2.08. The highest BCUT2D eigenvalue weighted by Crippen LogP contribution is 2.35. The molecule has 2 nitrogen and oxygen atoms in total. The van der Waals surface area contributed by atoms with E-state index in [1.54, 1.807) is 0 Å². The SMILES string of the molecule is N#CCCCOc1ccc(-c2c(Cl)cccc2Cl)cc1. The molecular formula is C16H13Cl2NO. The lowest BCUT2D eigenvalue weighted by Crippen LogP contribution is -1.96. The fourth-order valence-electron chi connectivity index (χ4n) is 1.83. The zero-order valence-corrected chi connectivity index (χ0v) is 12.3. The Morgan fingerprint density at radius 1 is 1.00 bits per heavy atom. The van der Waals surface area contributed by atoms with Gasteiger partial charge in [-0.25, -0.2) is 0 Å². The van der Waals surface area contributed by atoms with Crippen LogP contribution in [0.25, 0.3) is 11.1 Å². The van der Waals surface area contributed by atoms with Gasteiger partial charge in [-0.3, -0.25) is 0 Å². The van der Waals surface area contributed by atoms with Gasteiger partial charge in [-0.2, -0.15) is 5.26 Å². The molecule has 0 aliphatic carbocycles. The molecule has 0 heterocycles. The molecule has 20 heavy (non-hydrogen) atoms. The van der Waals surface area contributed by atoms with Gasteiger partial charge in [0.15, 0.2) is 0 Å². The second-order valence-electron chi connectivity index (χ2n) is 4.23. The number of hydrogen-bond donors (Lipinski definition) is 0. The average molecular weight is 306 g/mol. The Kier molecular flexibility index (Phi) is 5.29. The molecule has 0 fully saturated rings. The van der Waals surface area contributed by atoms with E-state index in [0.717, 1.165) is 23.3 Å². The first-order valence-corrected chi connectivity index (χ1v) is 7.02. The third-order valence-electron chi connectivity index (χ3n) is 2.81. The summed E-state index contributed by atoms with van der Waals surface area (Å²) in [5, 5.41) is 9.70. The highest BCUT2D eigenvalue weighted by molar-refractivity contribution is 6.39. The van der Waals surface area contributed by atoms with Crippen LogP contribution in [0.2, 0.25) is 10.0 Å². The van der Waals surface area contributed by atoms with Crippen LogP contribution in [0.4, 0.5) is 0 Å². The van der Waals surface area contributed by atoms with Crippen molar-refractivity contribution in [1.29, 1.82) is 5.26 Å². The van der Waals surface area contributed by atoms with E-state index in [2.05, 4.69) is 6.07 Å². The Morgan fingerprint density at radius 3 is 2.25 bits per heavy atom. The summed E-state index contributed by atoms with van der Waals surface area (Å²) >= 11 is 12.4. The number of benzene rings is 2. The largest absolute Gasteiger partial charge is 0.494 e. The number of nitrogens with zero attached hydrogens (tertiary/aromatic N) is 1. The van der Waals surface area contributed by atoms with E-state index in [9.17, 15) is 0 Å². The minimum Gasteiger partial charge on any atom is -0.494 e. The maximum Gasteiger partial charge on any atom is 0.119 e. The van der Waals surface area contributed by atoms with E-state index < -0.39 is 0 Å². The van der Waals surface area contributed by atoms with E-state index in [4.69, 9.17) is 33.2 Å². The summed E-state index contributed by atoms with van der Waals surface area (Å²) in [6, 6.07) is 15.1. The van der Waals surface area contributed by atoms with Crippen LogP contribution in [0.3, 0.4) is 0 Å². The highest BCUT2D eigenvalue weighted by atomic mass is 35.5. The first-order chi connectivity index (χ1) is 9.72. The molecule has 0 radical (unpaired) electrons. The Bertz CT molecular complexity index is 597. The molecule has 4 heteroatoms. The van der Waals surface area contributed by atoms with E-state index in [1.807, 2.05) is 42.5 Å². The number of ether oxygens (including phenoxy) is 1. The van der Waals surface area contributed by atoms with Gasteiger partial charge in [0.05, 0.1) is 12.7 Å². The smallest absolute Gasteiger partial charge is 0.119 e. The molecule has 0 unspecified atom stereocenters. The molecule has 0 aliphatic heterocycles. The van der Waals surface area contributed by atoms with Gasteiger partial charge >= 0.3 is 0 Å². The molecule has 0 aliphatic rings. The van der Waals surface area contributed by atoms with Crippen LogP contribution in [-0.2, 0) is 0 Å². The summed E-state index contributed by atoms with van der Waals surface area (Å²) < 4.78 is 5.54. The molecule has 102 valence electrons. The van der Waals surface area contributed by atoms with Crippen LogP contribution in [0, 0.1) is 11.3 Å². The van der Waals surface area contributed by atoms with Crippen molar-refractivity contribution < 1.29 is 4.74 Å². The topological polar surface area (TPSA) is 33.0 Å². The van der Waals surface area contributed by atoms with Crippen molar-refractivity contribution in [3.05, 3.63) is 52.5 Å². The molecule has 0 N–H and O–H groups in total. The summed E-state index contributed by atoms with van der Waals surface area (Å²) in [6.07, 6.45) is 1.24.